The normalized spacial score (nSPS) is 17.5. The van der Waals surface area contributed by atoms with E-state index >= 15 is 0 Å². The van der Waals surface area contributed by atoms with Crippen molar-refractivity contribution in [1.29, 1.82) is 0 Å². The molecule has 0 bridgehead atoms. The number of alkyl halides is 1. The highest BCUT2D eigenvalue weighted by molar-refractivity contribution is 6.40. The molecule has 1 rings (SSSR count). The fourth-order valence-electron chi connectivity index (χ4n) is 2.35. The van der Waals surface area contributed by atoms with Gasteiger partial charge in [-0.15, -0.1) is 0 Å². The van der Waals surface area contributed by atoms with Gasteiger partial charge in [0.2, 0.25) is 0 Å². The summed E-state index contributed by atoms with van der Waals surface area (Å²) in [6, 6.07) is 0.170. The highest BCUT2D eigenvalue weighted by Gasteiger charge is 2.18. The van der Waals surface area contributed by atoms with Crippen molar-refractivity contribution >= 4 is 13.3 Å². The van der Waals surface area contributed by atoms with Crippen molar-refractivity contribution in [3.63, 3.8) is 0 Å². The van der Waals surface area contributed by atoms with Crippen LogP contribution in [0, 0.1) is 0 Å². The maximum absolute atomic E-state index is 12.9. The summed E-state index contributed by atoms with van der Waals surface area (Å²) in [6.07, 6.45) is 4.98. The number of hydrogen-bond donors (Lipinski definition) is 3. The maximum atomic E-state index is 12.9. The standard InChI is InChI=1S/C12H26BFN2O2.CO2/c14-11-4-8-16(9-5-11)10-6-12(15)3-1-2-7-13(17)18;2-1-3/h11-12,17-18H,1-10,15H2;. The van der Waals surface area contributed by atoms with Crippen LogP contribution in [0.25, 0.3) is 0 Å². The Bertz CT molecular complexity index is 283. The van der Waals surface area contributed by atoms with E-state index in [4.69, 9.17) is 25.4 Å². The minimum atomic E-state index is -1.19. The Kier molecular flexibility index (Phi) is 12.4. The van der Waals surface area contributed by atoms with Gasteiger partial charge in [-0.1, -0.05) is 12.8 Å². The molecule has 21 heavy (non-hydrogen) atoms. The zero-order chi connectivity index (χ0) is 16.1. The average Bonchev–Trinajstić information content (AvgIpc) is 2.44. The van der Waals surface area contributed by atoms with Crippen molar-refractivity contribution in [2.45, 2.75) is 57.1 Å². The second-order valence-corrected chi connectivity index (χ2v) is 5.41. The third-order valence-corrected chi connectivity index (χ3v) is 3.62. The summed E-state index contributed by atoms with van der Waals surface area (Å²) in [5.74, 6) is 0. The molecule has 0 aromatic carbocycles. The maximum Gasteiger partial charge on any atom is 0.451 e. The molecule has 8 heteroatoms. The Morgan fingerprint density at radius 1 is 1.24 bits per heavy atom. The second kappa shape index (κ2) is 12.9. The van der Waals surface area contributed by atoms with E-state index in [1.54, 1.807) is 0 Å². The lowest BCUT2D eigenvalue weighted by Gasteiger charge is -2.29. The van der Waals surface area contributed by atoms with Crippen LogP contribution in [0.1, 0.15) is 38.5 Å². The van der Waals surface area contributed by atoms with Crippen molar-refractivity contribution in [3.8, 4) is 0 Å². The first-order valence-corrected chi connectivity index (χ1v) is 7.47. The van der Waals surface area contributed by atoms with Crippen molar-refractivity contribution in [3.05, 3.63) is 0 Å². The Balaban J connectivity index is 0.00000122. The van der Waals surface area contributed by atoms with Crippen LogP contribution in [0.2, 0.25) is 6.32 Å². The van der Waals surface area contributed by atoms with Crippen LogP contribution < -0.4 is 5.73 Å². The summed E-state index contributed by atoms with van der Waals surface area (Å²) in [7, 11) is -1.19. The summed E-state index contributed by atoms with van der Waals surface area (Å²) < 4.78 is 12.9. The Morgan fingerprint density at radius 3 is 2.33 bits per heavy atom. The molecule has 0 spiro atoms. The van der Waals surface area contributed by atoms with Crippen LogP contribution in [-0.2, 0) is 9.59 Å². The first-order chi connectivity index (χ1) is 9.99. The van der Waals surface area contributed by atoms with Gasteiger partial charge >= 0.3 is 13.3 Å². The van der Waals surface area contributed by atoms with Crippen LogP contribution in [0.3, 0.4) is 0 Å². The van der Waals surface area contributed by atoms with E-state index < -0.39 is 13.3 Å². The molecule has 1 atom stereocenters. The summed E-state index contributed by atoms with van der Waals surface area (Å²) in [5.41, 5.74) is 6.01. The number of nitrogens with two attached hydrogens (primary N) is 1. The molecule has 1 unspecified atom stereocenters. The molecule has 0 aromatic heterocycles. The number of carbonyl (C=O) groups excluding carboxylic acids is 2. The van der Waals surface area contributed by atoms with Crippen molar-refractivity contribution in [2.24, 2.45) is 5.73 Å². The molecule has 4 N–H and O–H groups in total. The van der Waals surface area contributed by atoms with Crippen LogP contribution in [0.5, 0.6) is 0 Å². The van der Waals surface area contributed by atoms with Crippen LogP contribution >= 0.6 is 0 Å². The monoisotopic (exact) mass is 304 g/mol. The lowest BCUT2D eigenvalue weighted by molar-refractivity contribution is -0.191. The largest absolute Gasteiger partial charge is 0.451 e. The fourth-order valence-corrected chi connectivity index (χ4v) is 2.35. The molecule has 0 aromatic rings. The number of nitrogens with zero attached hydrogens (tertiary/aromatic N) is 1. The molecule has 122 valence electrons. The van der Waals surface area contributed by atoms with Crippen molar-refractivity contribution < 1.29 is 24.0 Å². The quantitative estimate of drug-likeness (QED) is 0.437. The minimum Gasteiger partial charge on any atom is -0.427 e. The molecule has 1 heterocycles. The topological polar surface area (TPSA) is 104 Å². The van der Waals surface area contributed by atoms with Gasteiger partial charge in [-0.25, -0.2) is 4.39 Å². The molecule has 1 fully saturated rings. The number of unbranched alkanes of at least 4 members (excludes halogenated alkanes) is 1. The number of rotatable bonds is 8. The predicted molar refractivity (Wildman–Crippen MR) is 77.0 cm³/mol. The number of halogens is 1. The molecule has 1 aliphatic heterocycles. The fraction of sp³-hybridized carbons (Fsp3) is 0.923. The first-order valence-electron chi connectivity index (χ1n) is 7.47. The summed E-state index contributed by atoms with van der Waals surface area (Å²) >= 11 is 0. The van der Waals surface area contributed by atoms with E-state index in [1.807, 2.05) is 0 Å². The molecule has 6 nitrogen and oxygen atoms in total. The Hall–Kier alpha value is -0.785. The third kappa shape index (κ3) is 12.7. The third-order valence-electron chi connectivity index (χ3n) is 3.62. The lowest BCUT2D eigenvalue weighted by Crippen LogP contribution is -2.37. The van der Waals surface area contributed by atoms with E-state index in [9.17, 15) is 4.39 Å². The lowest BCUT2D eigenvalue weighted by atomic mass is 9.83. The van der Waals surface area contributed by atoms with E-state index in [0.717, 1.165) is 45.3 Å². The Labute approximate surface area is 125 Å². The summed E-state index contributed by atoms with van der Waals surface area (Å²) in [4.78, 5) is 18.5. The minimum absolute atomic E-state index is 0.170. The summed E-state index contributed by atoms with van der Waals surface area (Å²) in [6.45, 7) is 2.66. The summed E-state index contributed by atoms with van der Waals surface area (Å²) in [5, 5.41) is 17.4. The van der Waals surface area contributed by atoms with Gasteiger partial charge in [0.25, 0.3) is 0 Å². The van der Waals surface area contributed by atoms with Gasteiger partial charge in [-0.05, 0) is 38.5 Å². The molecule has 0 amide bonds. The van der Waals surface area contributed by atoms with Crippen molar-refractivity contribution in [1.82, 2.24) is 4.90 Å². The van der Waals surface area contributed by atoms with Gasteiger partial charge in [-0.3, -0.25) is 0 Å². The Morgan fingerprint density at radius 2 is 1.81 bits per heavy atom. The molecule has 0 radical (unpaired) electrons. The number of likely N-dealkylation sites (tertiary alicyclic amines) is 1. The molecular weight excluding hydrogens is 278 g/mol. The van der Waals surface area contributed by atoms with Crippen LogP contribution in [0.4, 0.5) is 4.39 Å². The van der Waals surface area contributed by atoms with Gasteiger partial charge < -0.3 is 20.7 Å². The van der Waals surface area contributed by atoms with Gasteiger partial charge in [0.05, 0.1) is 0 Å². The molecule has 1 aliphatic rings. The first kappa shape index (κ1) is 20.2. The average molecular weight is 304 g/mol. The molecule has 1 saturated heterocycles. The zero-order valence-electron chi connectivity index (χ0n) is 12.4. The van der Waals surface area contributed by atoms with E-state index in [1.165, 1.54) is 0 Å². The number of piperidine rings is 1. The van der Waals surface area contributed by atoms with Gasteiger partial charge in [0.1, 0.15) is 6.17 Å². The zero-order valence-corrected chi connectivity index (χ0v) is 12.4. The molecule has 0 aliphatic carbocycles. The number of hydrogen-bond acceptors (Lipinski definition) is 6. The molecule has 0 saturated carbocycles. The highest BCUT2D eigenvalue weighted by Crippen LogP contribution is 2.14. The van der Waals surface area contributed by atoms with Crippen LogP contribution in [0.15, 0.2) is 0 Å². The second-order valence-electron chi connectivity index (χ2n) is 5.41. The van der Waals surface area contributed by atoms with Crippen molar-refractivity contribution in [2.75, 3.05) is 19.6 Å². The SMILES string of the molecule is NC(CCCCB(O)O)CCN1CCC(F)CC1.O=C=O. The van der Waals surface area contributed by atoms with E-state index in [0.29, 0.717) is 19.2 Å². The highest BCUT2D eigenvalue weighted by atomic mass is 19.1. The van der Waals surface area contributed by atoms with E-state index in [-0.39, 0.29) is 12.2 Å². The van der Waals surface area contributed by atoms with Gasteiger partial charge in [-0.2, -0.15) is 9.59 Å². The van der Waals surface area contributed by atoms with E-state index in [2.05, 4.69) is 4.90 Å². The smallest absolute Gasteiger partial charge is 0.427 e. The van der Waals surface area contributed by atoms with Gasteiger partial charge in [0.15, 0.2) is 0 Å². The van der Waals surface area contributed by atoms with Crippen LogP contribution in [-0.4, -0.2) is 60.1 Å². The predicted octanol–water partition coefficient (Wildman–Crippen LogP) is 0.197. The molecular formula is C13H26BFN2O4. The van der Waals surface area contributed by atoms with Gasteiger partial charge in [0, 0.05) is 19.1 Å².